The topological polar surface area (TPSA) is 45.2 Å². The summed E-state index contributed by atoms with van der Waals surface area (Å²) in [6.45, 7) is 1.06. The monoisotopic (exact) mass is 335 g/mol. The highest BCUT2D eigenvalue weighted by molar-refractivity contribution is 5.80. The molecular formula is C21H25N3O. The van der Waals surface area contributed by atoms with E-state index in [1.165, 1.54) is 18.4 Å². The van der Waals surface area contributed by atoms with Gasteiger partial charge in [0, 0.05) is 24.5 Å². The molecule has 0 saturated carbocycles. The van der Waals surface area contributed by atoms with E-state index in [0.717, 1.165) is 24.9 Å². The van der Waals surface area contributed by atoms with Crippen LogP contribution in [0.5, 0.6) is 0 Å². The van der Waals surface area contributed by atoms with Crippen LogP contribution in [0.4, 0.5) is 0 Å². The average Bonchev–Trinajstić information content (AvgIpc) is 2.86. The number of likely N-dealkylation sites (tertiary alicyclic amines) is 1. The first kappa shape index (κ1) is 16.3. The minimum atomic E-state index is 0.172. The maximum Gasteiger partial charge on any atom is 0.227 e. The van der Waals surface area contributed by atoms with Gasteiger partial charge in [-0.15, -0.1) is 0 Å². The highest BCUT2D eigenvalue weighted by atomic mass is 16.2. The number of nitrogens with zero attached hydrogens (tertiary/aromatic N) is 2. The molecule has 1 N–H and O–H groups in total. The number of carbonyl (C=O) groups is 1. The van der Waals surface area contributed by atoms with Gasteiger partial charge < -0.3 is 10.2 Å². The lowest BCUT2D eigenvalue weighted by Gasteiger charge is -2.31. The molecule has 1 aromatic carbocycles. The standard InChI is InChI=1S/C21H25N3O/c25-21(13-16-7-6-11-22-15-16)24-19-10-4-5-12-23-18(19)14-20(24)17-8-2-1-3-9-17/h1-3,6-9,11,15,18-20,23H,4-5,10,12-14H2/t18-,19+,20+/m1/s1. The first-order valence-corrected chi connectivity index (χ1v) is 9.31. The number of rotatable bonds is 3. The largest absolute Gasteiger partial charge is 0.331 e. The number of nitrogens with one attached hydrogen (secondary N) is 1. The minimum Gasteiger partial charge on any atom is -0.331 e. The molecule has 0 radical (unpaired) electrons. The second kappa shape index (κ2) is 7.36. The van der Waals surface area contributed by atoms with Crippen LogP contribution in [-0.4, -0.2) is 34.4 Å². The van der Waals surface area contributed by atoms with Crippen LogP contribution >= 0.6 is 0 Å². The van der Waals surface area contributed by atoms with Gasteiger partial charge in [0.25, 0.3) is 0 Å². The van der Waals surface area contributed by atoms with Crippen LogP contribution in [0.1, 0.15) is 42.9 Å². The summed E-state index contributed by atoms with van der Waals surface area (Å²) in [5, 5.41) is 3.69. The molecule has 130 valence electrons. The fraction of sp³-hybridized carbons (Fsp3) is 0.429. The minimum absolute atomic E-state index is 0.172. The van der Waals surface area contributed by atoms with E-state index in [9.17, 15) is 4.79 Å². The number of benzene rings is 1. The maximum atomic E-state index is 13.2. The second-order valence-electron chi connectivity index (χ2n) is 7.12. The summed E-state index contributed by atoms with van der Waals surface area (Å²) in [7, 11) is 0. The van der Waals surface area contributed by atoms with Gasteiger partial charge >= 0.3 is 0 Å². The lowest BCUT2D eigenvalue weighted by molar-refractivity contribution is -0.133. The summed E-state index contributed by atoms with van der Waals surface area (Å²) in [6, 6.07) is 15.3. The van der Waals surface area contributed by atoms with Gasteiger partial charge in [0.1, 0.15) is 0 Å². The maximum absolute atomic E-state index is 13.2. The number of hydrogen-bond acceptors (Lipinski definition) is 3. The quantitative estimate of drug-likeness (QED) is 0.937. The number of pyridine rings is 1. The SMILES string of the molecule is O=C(Cc1cccnc1)N1[C@H](c2ccccc2)C[C@H]2NCCCC[C@@H]21. The Bertz CT molecular complexity index is 704. The molecule has 3 heterocycles. The Hall–Kier alpha value is -2.20. The molecule has 1 amide bonds. The molecule has 2 fully saturated rings. The highest BCUT2D eigenvalue weighted by Gasteiger charge is 2.44. The normalized spacial score (nSPS) is 26.1. The van der Waals surface area contributed by atoms with Crippen molar-refractivity contribution in [3.8, 4) is 0 Å². The van der Waals surface area contributed by atoms with Crippen LogP contribution in [0.2, 0.25) is 0 Å². The summed E-state index contributed by atoms with van der Waals surface area (Å²) in [4.78, 5) is 19.6. The average molecular weight is 335 g/mol. The van der Waals surface area contributed by atoms with Crippen molar-refractivity contribution < 1.29 is 4.79 Å². The van der Waals surface area contributed by atoms with Crippen LogP contribution < -0.4 is 5.32 Å². The van der Waals surface area contributed by atoms with Crippen LogP contribution in [0.25, 0.3) is 0 Å². The van der Waals surface area contributed by atoms with E-state index in [0.29, 0.717) is 18.5 Å². The van der Waals surface area contributed by atoms with Crippen molar-refractivity contribution >= 4 is 5.91 Å². The molecule has 3 atom stereocenters. The fourth-order valence-electron chi connectivity index (χ4n) is 4.36. The van der Waals surface area contributed by atoms with Gasteiger partial charge in [0.05, 0.1) is 12.5 Å². The third-order valence-corrected chi connectivity index (χ3v) is 5.52. The van der Waals surface area contributed by atoms with E-state index in [-0.39, 0.29) is 11.9 Å². The third kappa shape index (κ3) is 3.45. The van der Waals surface area contributed by atoms with Crippen molar-refractivity contribution in [2.45, 2.75) is 50.2 Å². The summed E-state index contributed by atoms with van der Waals surface area (Å²) in [6.07, 6.45) is 8.48. The third-order valence-electron chi connectivity index (χ3n) is 5.52. The molecule has 0 spiro atoms. The number of hydrogen-bond donors (Lipinski definition) is 1. The zero-order valence-corrected chi connectivity index (χ0v) is 14.5. The Morgan fingerprint density at radius 3 is 2.84 bits per heavy atom. The van der Waals surface area contributed by atoms with Crippen LogP contribution in [0.15, 0.2) is 54.9 Å². The van der Waals surface area contributed by atoms with E-state index >= 15 is 0 Å². The van der Waals surface area contributed by atoms with Gasteiger partial charge in [-0.1, -0.05) is 42.8 Å². The number of fused-ring (bicyclic) bond motifs is 1. The number of amides is 1. The first-order chi connectivity index (χ1) is 12.3. The molecular weight excluding hydrogens is 310 g/mol. The molecule has 0 unspecified atom stereocenters. The zero-order valence-electron chi connectivity index (χ0n) is 14.5. The Morgan fingerprint density at radius 1 is 1.16 bits per heavy atom. The van der Waals surface area contributed by atoms with Gasteiger partial charge in [0.2, 0.25) is 5.91 Å². The Kier molecular flexibility index (Phi) is 4.79. The fourth-order valence-corrected chi connectivity index (χ4v) is 4.36. The van der Waals surface area contributed by atoms with E-state index in [1.807, 2.05) is 18.2 Å². The van der Waals surface area contributed by atoms with Crippen molar-refractivity contribution in [1.82, 2.24) is 15.2 Å². The Labute approximate surface area is 149 Å². The van der Waals surface area contributed by atoms with Gasteiger partial charge in [-0.2, -0.15) is 0 Å². The molecule has 2 aliphatic rings. The highest BCUT2D eigenvalue weighted by Crippen LogP contribution is 2.39. The smallest absolute Gasteiger partial charge is 0.227 e. The molecule has 1 aromatic heterocycles. The molecule has 2 saturated heterocycles. The van der Waals surface area contributed by atoms with Crippen molar-refractivity contribution in [2.75, 3.05) is 6.54 Å². The molecule has 25 heavy (non-hydrogen) atoms. The van der Waals surface area contributed by atoms with E-state index in [4.69, 9.17) is 0 Å². The molecule has 2 aromatic rings. The second-order valence-corrected chi connectivity index (χ2v) is 7.12. The van der Waals surface area contributed by atoms with Crippen molar-refractivity contribution in [1.29, 1.82) is 0 Å². The molecule has 4 rings (SSSR count). The Morgan fingerprint density at radius 2 is 2.04 bits per heavy atom. The van der Waals surface area contributed by atoms with E-state index in [1.54, 1.807) is 12.4 Å². The number of aromatic nitrogens is 1. The van der Waals surface area contributed by atoms with Gasteiger partial charge in [-0.25, -0.2) is 0 Å². The van der Waals surface area contributed by atoms with Crippen LogP contribution in [-0.2, 0) is 11.2 Å². The van der Waals surface area contributed by atoms with Gasteiger partial charge in [-0.05, 0) is 43.0 Å². The van der Waals surface area contributed by atoms with Gasteiger partial charge in [-0.3, -0.25) is 9.78 Å². The molecule has 0 aliphatic carbocycles. The lowest BCUT2D eigenvalue weighted by Crippen LogP contribution is -2.44. The van der Waals surface area contributed by atoms with E-state index in [2.05, 4.69) is 39.5 Å². The molecule has 0 bridgehead atoms. The lowest BCUT2D eigenvalue weighted by atomic mass is 10.0. The van der Waals surface area contributed by atoms with Crippen LogP contribution in [0, 0.1) is 0 Å². The molecule has 4 nitrogen and oxygen atoms in total. The van der Waals surface area contributed by atoms with E-state index < -0.39 is 0 Å². The van der Waals surface area contributed by atoms with Crippen molar-refractivity contribution in [3.63, 3.8) is 0 Å². The Balaban J connectivity index is 1.62. The first-order valence-electron chi connectivity index (χ1n) is 9.31. The molecule has 2 aliphatic heterocycles. The summed E-state index contributed by atoms with van der Waals surface area (Å²) < 4.78 is 0. The predicted molar refractivity (Wildman–Crippen MR) is 98.0 cm³/mol. The summed E-state index contributed by atoms with van der Waals surface area (Å²) >= 11 is 0. The number of carbonyl (C=O) groups excluding carboxylic acids is 1. The van der Waals surface area contributed by atoms with Crippen molar-refractivity contribution in [2.24, 2.45) is 0 Å². The van der Waals surface area contributed by atoms with Crippen molar-refractivity contribution in [3.05, 3.63) is 66.0 Å². The summed E-state index contributed by atoms with van der Waals surface area (Å²) in [5.74, 6) is 0.220. The molecule has 4 heteroatoms. The van der Waals surface area contributed by atoms with Crippen LogP contribution in [0.3, 0.4) is 0 Å². The summed E-state index contributed by atoms with van der Waals surface area (Å²) in [5.41, 5.74) is 2.24. The predicted octanol–water partition coefficient (Wildman–Crippen LogP) is 3.11. The zero-order chi connectivity index (χ0) is 17.1. The van der Waals surface area contributed by atoms with Gasteiger partial charge in [0.15, 0.2) is 0 Å².